The number of carbonyl (C=O) groups is 4. The highest BCUT2D eigenvalue weighted by atomic mass is 16.4. The minimum absolute atomic E-state index is 0.129. The third-order valence-electron chi connectivity index (χ3n) is 3.38. The van der Waals surface area contributed by atoms with Gasteiger partial charge in [0.25, 0.3) is 5.91 Å². The van der Waals surface area contributed by atoms with Crippen molar-refractivity contribution in [3.05, 3.63) is 23.9 Å². The maximum atomic E-state index is 11.9. The second-order valence-electron chi connectivity index (χ2n) is 5.44. The fourth-order valence-corrected chi connectivity index (χ4v) is 2.01. The lowest BCUT2D eigenvalue weighted by Gasteiger charge is -2.14. The Morgan fingerprint density at radius 1 is 1.11 bits per heavy atom. The van der Waals surface area contributed by atoms with Crippen LogP contribution in [0.25, 0.3) is 0 Å². The van der Waals surface area contributed by atoms with Crippen LogP contribution in [0.1, 0.15) is 29.6 Å². The Labute approximate surface area is 154 Å². The molecular formula is C15H22N6O6. The van der Waals surface area contributed by atoms with E-state index in [1.165, 1.54) is 6.20 Å². The number of nitrogens with zero attached hydrogens (tertiary/aromatic N) is 1. The highest BCUT2D eigenvalue weighted by Crippen LogP contribution is 2.04. The van der Waals surface area contributed by atoms with Crippen molar-refractivity contribution in [2.24, 2.45) is 5.84 Å². The van der Waals surface area contributed by atoms with Gasteiger partial charge in [-0.15, -0.1) is 0 Å². The molecule has 1 atom stereocenters. The van der Waals surface area contributed by atoms with E-state index in [4.69, 9.17) is 16.1 Å². The Bertz CT molecular complexity index is 665. The number of anilines is 1. The van der Waals surface area contributed by atoms with Crippen molar-refractivity contribution >= 4 is 29.7 Å². The molecule has 27 heavy (non-hydrogen) atoms. The lowest BCUT2D eigenvalue weighted by atomic mass is 10.1. The smallest absolute Gasteiger partial charge is 0.326 e. The lowest BCUT2D eigenvalue weighted by Crippen LogP contribution is -2.47. The molecule has 1 aromatic rings. The third-order valence-corrected chi connectivity index (χ3v) is 3.38. The summed E-state index contributed by atoms with van der Waals surface area (Å²) in [6, 6.07) is 1.07. The molecule has 1 rings (SSSR count). The number of aromatic nitrogens is 1. The van der Waals surface area contributed by atoms with Gasteiger partial charge in [-0.2, -0.15) is 0 Å². The van der Waals surface area contributed by atoms with Gasteiger partial charge in [-0.1, -0.05) is 0 Å². The lowest BCUT2D eigenvalue weighted by molar-refractivity contribution is -0.139. The molecule has 0 radical (unpaired) electrons. The van der Waals surface area contributed by atoms with Crippen LogP contribution in [0.4, 0.5) is 10.6 Å². The number of aliphatic carboxylic acids is 2. The normalized spacial score (nSPS) is 11.1. The van der Waals surface area contributed by atoms with Crippen LogP contribution in [0, 0.1) is 0 Å². The molecule has 0 aromatic carbocycles. The van der Waals surface area contributed by atoms with Crippen LogP contribution in [-0.4, -0.2) is 58.2 Å². The molecule has 3 amide bonds. The molecule has 0 saturated heterocycles. The minimum Gasteiger partial charge on any atom is -0.480 e. The number of rotatable bonds is 11. The van der Waals surface area contributed by atoms with Gasteiger partial charge in [-0.25, -0.2) is 20.4 Å². The Hall–Kier alpha value is -3.41. The minimum atomic E-state index is -1.24. The summed E-state index contributed by atoms with van der Waals surface area (Å²) in [4.78, 5) is 48.7. The van der Waals surface area contributed by atoms with Gasteiger partial charge >= 0.3 is 18.0 Å². The van der Waals surface area contributed by atoms with Crippen LogP contribution < -0.4 is 27.2 Å². The standard InChI is InChI=1S/C15H22N6O6/c16-21-11-5-4-9(7-18-11)13(24)17-6-2-1-3-10(14(25)26)20-15(27)19-8-12(22)23/h4-5,7,10H,1-3,6,8,16H2,(H,17,24)(H,18,21)(H,22,23)(H,25,26)(H2,19,20,27)/t10-/m0/s1. The highest BCUT2D eigenvalue weighted by Gasteiger charge is 2.19. The van der Waals surface area contributed by atoms with Crippen LogP contribution in [0.2, 0.25) is 0 Å². The predicted octanol–water partition coefficient (Wildman–Crippen LogP) is -0.896. The number of carboxylic acids is 2. The van der Waals surface area contributed by atoms with E-state index in [-0.39, 0.29) is 12.3 Å². The quantitative estimate of drug-likeness (QED) is 0.144. The molecule has 0 bridgehead atoms. The number of carboxylic acid groups (broad SMARTS) is 2. The summed E-state index contributed by atoms with van der Waals surface area (Å²) in [5.74, 6) is 2.81. The highest BCUT2D eigenvalue weighted by molar-refractivity contribution is 5.94. The predicted molar refractivity (Wildman–Crippen MR) is 93.8 cm³/mol. The Kier molecular flexibility index (Phi) is 9.02. The SMILES string of the molecule is NNc1ccc(C(=O)NCCCC[C@H](NC(=O)NCC(=O)O)C(=O)O)cn1. The molecule has 1 heterocycles. The fraction of sp³-hybridized carbons (Fsp3) is 0.400. The van der Waals surface area contributed by atoms with E-state index in [0.717, 1.165) is 0 Å². The summed E-state index contributed by atoms with van der Waals surface area (Å²) in [5.41, 5.74) is 2.70. The van der Waals surface area contributed by atoms with Crippen molar-refractivity contribution in [3.8, 4) is 0 Å². The summed E-state index contributed by atoms with van der Waals surface area (Å²) < 4.78 is 0. The first-order chi connectivity index (χ1) is 12.8. The molecule has 0 aliphatic heterocycles. The van der Waals surface area contributed by atoms with Crippen LogP contribution in [-0.2, 0) is 9.59 Å². The van der Waals surface area contributed by atoms with E-state index in [1.54, 1.807) is 12.1 Å². The van der Waals surface area contributed by atoms with Crippen molar-refractivity contribution in [3.63, 3.8) is 0 Å². The van der Waals surface area contributed by atoms with E-state index in [1.807, 2.05) is 5.32 Å². The maximum Gasteiger partial charge on any atom is 0.326 e. The largest absolute Gasteiger partial charge is 0.480 e. The molecule has 0 aliphatic carbocycles. The van der Waals surface area contributed by atoms with Gasteiger partial charge in [0.1, 0.15) is 18.4 Å². The van der Waals surface area contributed by atoms with Crippen molar-refractivity contribution in [1.82, 2.24) is 20.9 Å². The van der Waals surface area contributed by atoms with E-state index in [2.05, 4.69) is 21.0 Å². The first-order valence-corrected chi connectivity index (χ1v) is 8.03. The van der Waals surface area contributed by atoms with Crippen molar-refractivity contribution in [2.75, 3.05) is 18.5 Å². The Morgan fingerprint density at radius 3 is 2.41 bits per heavy atom. The monoisotopic (exact) mass is 382 g/mol. The summed E-state index contributed by atoms with van der Waals surface area (Å²) in [6.45, 7) is -0.297. The van der Waals surface area contributed by atoms with Gasteiger partial charge in [0.05, 0.1) is 5.56 Å². The zero-order valence-electron chi connectivity index (χ0n) is 14.4. The summed E-state index contributed by atoms with van der Waals surface area (Å²) in [5, 5.41) is 24.4. The van der Waals surface area contributed by atoms with E-state index in [0.29, 0.717) is 30.8 Å². The Morgan fingerprint density at radius 2 is 1.85 bits per heavy atom. The number of nitrogens with one attached hydrogen (secondary N) is 4. The van der Waals surface area contributed by atoms with Crippen LogP contribution in [0.3, 0.4) is 0 Å². The Balaban J connectivity index is 2.30. The molecule has 0 unspecified atom stereocenters. The molecule has 1 aromatic heterocycles. The summed E-state index contributed by atoms with van der Waals surface area (Å²) in [7, 11) is 0. The van der Waals surface area contributed by atoms with E-state index >= 15 is 0 Å². The van der Waals surface area contributed by atoms with Gasteiger partial charge in [0.15, 0.2) is 0 Å². The zero-order chi connectivity index (χ0) is 20.2. The molecule has 8 N–H and O–H groups in total. The van der Waals surface area contributed by atoms with E-state index < -0.39 is 30.6 Å². The molecule has 12 heteroatoms. The number of urea groups is 1. The van der Waals surface area contributed by atoms with Gasteiger partial charge < -0.3 is 31.6 Å². The maximum absolute atomic E-state index is 11.9. The van der Waals surface area contributed by atoms with Gasteiger partial charge in [0.2, 0.25) is 0 Å². The van der Waals surface area contributed by atoms with Crippen LogP contribution in [0.5, 0.6) is 0 Å². The average Bonchev–Trinajstić information content (AvgIpc) is 2.64. The number of carbonyl (C=O) groups excluding carboxylic acids is 2. The molecule has 0 spiro atoms. The molecule has 0 aliphatic rings. The second kappa shape index (κ2) is 11.3. The first kappa shape index (κ1) is 21.6. The van der Waals surface area contributed by atoms with E-state index in [9.17, 15) is 19.2 Å². The second-order valence-corrected chi connectivity index (χ2v) is 5.44. The number of hydrogen-bond donors (Lipinski definition) is 7. The van der Waals surface area contributed by atoms with Gasteiger partial charge in [-0.3, -0.25) is 9.59 Å². The fourth-order valence-electron chi connectivity index (χ4n) is 2.01. The number of amides is 3. The molecular weight excluding hydrogens is 360 g/mol. The number of hydrogen-bond acceptors (Lipinski definition) is 7. The van der Waals surface area contributed by atoms with Crippen molar-refractivity contribution in [1.29, 1.82) is 0 Å². The van der Waals surface area contributed by atoms with Crippen molar-refractivity contribution < 1.29 is 29.4 Å². The average molecular weight is 382 g/mol. The summed E-state index contributed by atoms with van der Waals surface area (Å²) in [6.07, 6.45) is 2.41. The number of unbranched alkanes of at least 4 members (excludes halogenated alkanes) is 1. The molecule has 12 nitrogen and oxygen atoms in total. The number of nitrogens with two attached hydrogens (primary N) is 1. The van der Waals surface area contributed by atoms with Crippen LogP contribution >= 0.6 is 0 Å². The third kappa shape index (κ3) is 8.49. The topological polar surface area (TPSA) is 196 Å². The molecule has 0 fully saturated rings. The summed E-state index contributed by atoms with van der Waals surface area (Å²) >= 11 is 0. The zero-order valence-corrected chi connectivity index (χ0v) is 14.4. The number of pyridine rings is 1. The van der Waals surface area contributed by atoms with Gasteiger partial charge in [0, 0.05) is 12.7 Å². The molecule has 148 valence electrons. The van der Waals surface area contributed by atoms with Crippen molar-refractivity contribution in [2.45, 2.75) is 25.3 Å². The number of hydrazine groups is 1. The number of nitrogen functional groups attached to an aromatic ring is 1. The van der Waals surface area contributed by atoms with Crippen LogP contribution in [0.15, 0.2) is 18.3 Å². The molecule has 0 saturated carbocycles. The first-order valence-electron chi connectivity index (χ1n) is 8.03. The van der Waals surface area contributed by atoms with Gasteiger partial charge in [-0.05, 0) is 31.4 Å².